The first-order chi connectivity index (χ1) is 12.9. The van der Waals surface area contributed by atoms with Crippen LogP contribution in [0, 0.1) is 6.92 Å². The third-order valence-electron chi connectivity index (χ3n) is 3.86. The Labute approximate surface area is 164 Å². The second kappa shape index (κ2) is 7.75. The molecule has 2 aromatic heterocycles. The number of carbonyl (C=O) groups is 2. The quantitative estimate of drug-likeness (QED) is 0.626. The second-order valence-electron chi connectivity index (χ2n) is 5.70. The van der Waals surface area contributed by atoms with Gasteiger partial charge in [0, 0.05) is 7.05 Å². The smallest absolute Gasteiger partial charge is 0.343 e. The van der Waals surface area contributed by atoms with Crippen molar-refractivity contribution in [3.8, 4) is 5.69 Å². The maximum absolute atomic E-state index is 12.9. The van der Waals surface area contributed by atoms with Crippen molar-refractivity contribution in [1.82, 2.24) is 19.6 Å². The Bertz CT molecular complexity index is 994. The van der Waals surface area contributed by atoms with Crippen molar-refractivity contribution in [3.63, 3.8) is 0 Å². The van der Waals surface area contributed by atoms with E-state index in [1.807, 2.05) is 30.3 Å². The summed E-state index contributed by atoms with van der Waals surface area (Å²) < 4.78 is 8.64. The van der Waals surface area contributed by atoms with Gasteiger partial charge >= 0.3 is 5.97 Å². The van der Waals surface area contributed by atoms with Crippen molar-refractivity contribution in [2.75, 3.05) is 11.9 Å². The largest absolute Gasteiger partial charge is 0.462 e. The van der Waals surface area contributed by atoms with Crippen molar-refractivity contribution in [2.45, 2.75) is 13.8 Å². The number of amides is 1. The molecule has 0 aliphatic rings. The predicted octanol–water partition coefficient (Wildman–Crippen LogP) is 3.11. The van der Waals surface area contributed by atoms with Crippen molar-refractivity contribution in [2.24, 2.45) is 7.05 Å². The second-order valence-corrected chi connectivity index (χ2v) is 6.49. The highest BCUT2D eigenvalue weighted by atomic mass is 79.9. The first-order valence-corrected chi connectivity index (χ1v) is 9.04. The summed E-state index contributed by atoms with van der Waals surface area (Å²) in [4.78, 5) is 25.2. The van der Waals surface area contributed by atoms with Gasteiger partial charge in [-0.1, -0.05) is 18.2 Å². The number of nitrogens with one attached hydrogen (secondary N) is 1. The van der Waals surface area contributed by atoms with Crippen LogP contribution < -0.4 is 5.32 Å². The van der Waals surface area contributed by atoms with Gasteiger partial charge in [0.2, 0.25) is 0 Å². The van der Waals surface area contributed by atoms with E-state index in [0.29, 0.717) is 21.5 Å². The average molecular weight is 432 g/mol. The monoisotopic (exact) mass is 431 g/mol. The number of rotatable bonds is 5. The first-order valence-electron chi connectivity index (χ1n) is 8.25. The molecule has 0 radical (unpaired) electrons. The number of hydrogen-bond donors (Lipinski definition) is 1. The summed E-state index contributed by atoms with van der Waals surface area (Å²) in [5.74, 6) is -0.751. The van der Waals surface area contributed by atoms with E-state index < -0.39 is 11.9 Å². The van der Waals surface area contributed by atoms with Gasteiger partial charge < -0.3 is 10.1 Å². The zero-order valence-electron chi connectivity index (χ0n) is 15.1. The Morgan fingerprint density at radius 2 is 1.96 bits per heavy atom. The van der Waals surface area contributed by atoms with Crippen molar-refractivity contribution in [3.05, 3.63) is 58.0 Å². The number of halogens is 1. The summed E-state index contributed by atoms with van der Waals surface area (Å²) in [5.41, 5.74) is 1.89. The van der Waals surface area contributed by atoms with Gasteiger partial charge in [-0.25, -0.2) is 9.48 Å². The molecule has 0 bridgehead atoms. The van der Waals surface area contributed by atoms with Gasteiger partial charge in [-0.05, 0) is 41.9 Å². The summed E-state index contributed by atoms with van der Waals surface area (Å²) in [6, 6.07) is 9.19. The van der Waals surface area contributed by atoms with E-state index in [9.17, 15) is 9.59 Å². The zero-order valence-corrected chi connectivity index (χ0v) is 16.6. The lowest BCUT2D eigenvalue weighted by molar-refractivity contribution is 0.0527. The lowest BCUT2D eigenvalue weighted by atomic mass is 10.3. The Balaban J connectivity index is 2.05. The van der Waals surface area contributed by atoms with E-state index in [2.05, 4.69) is 31.4 Å². The van der Waals surface area contributed by atoms with E-state index >= 15 is 0 Å². The van der Waals surface area contributed by atoms with Crippen LogP contribution in [-0.4, -0.2) is 38.0 Å². The van der Waals surface area contributed by atoms with Gasteiger partial charge in [-0.15, -0.1) is 0 Å². The van der Waals surface area contributed by atoms with Crippen molar-refractivity contribution in [1.29, 1.82) is 0 Å². The Hall–Kier alpha value is -2.94. The van der Waals surface area contributed by atoms with Crippen LogP contribution in [0.4, 0.5) is 5.82 Å². The molecule has 3 aromatic rings. The van der Waals surface area contributed by atoms with E-state index in [4.69, 9.17) is 4.74 Å². The van der Waals surface area contributed by atoms with Gasteiger partial charge in [-0.3, -0.25) is 9.48 Å². The van der Waals surface area contributed by atoms with E-state index in [1.54, 1.807) is 20.9 Å². The highest BCUT2D eigenvalue weighted by Gasteiger charge is 2.25. The number of hydrogen-bond acceptors (Lipinski definition) is 5. The summed E-state index contributed by atoms with van der Waals surface area (Å²) >= 11 is 3.38. The zero-order chi connectivity index (χ0) is 19.6. The van der Waals surface area contributed by atoms with Gasteiger partial charge in [0.05, 0.1) is 28.7 Å². The molecule has 0 fully saturated rings. The molecule has 1 aromatic carbocycles. The number of carbonyl (C=O) groups excluding carboxylic acids is 2. The van der Waals surface area contributed by atoms with Crippen LogP contribution in [0.15, 0.2) is 41.0 Å². The molecular weight excluding hydrogens is 414 g/mol. The molecule has 1 N–H and O–H groups in total. The van der Waals surface area contributed by atoms with Gasteiger partial charge in [0.1, 0.15) is 11.3 Å². The number of esters is 1. The molecular formula is C18H18BrN5O3. The third kappa shape index (κ3) is 3.63. The third-order valence-corrected chi connectivity index (χ3v) is 4.81. The minimum Gasteiger partial charge on any atom is -0.462 e. The summed E-state index contributed by atoms with van der Waals surface area (Å²) in [5, 5.41) is 11.3. The van der Waals surface area contributed by atoms with E-state index in [1.165, 1.54) is 15.6 Å². The van der Waals surface area contributed by atoms with E-state index in [-0.39, 0.29) is 18.0 Å². The first kappa shape index (κ1) is 18.8. The van der Waals surface area contributed by atoms with Crippen molar-refractivity contribution >= 4 is 33.6 Å². The van der Waals surface area contributed by atoms with Crippen LogP contribution in [-0.2, 0) is 11.8 Å². The molecule has 3 rings (SSSR count). The van der Waals surface area contributed by atoms with Crippen LogP contribution in [0.2, 0.25) is 0 Å². The summed E-state index contributed by atoms with van der Waals surface area (Å²) in [6.07, 6.45) is 1.38. The topological polar surface area (TPSA) is 91.0 Å². The number of aromatic nitrogens is 4. The summed E-state index contributed by atoms with van der Waals surface area (Å²) in [7, 11) is 1.67. The molecule has 0 saturated heterocycles. The fourth-order valence-electron chi connectivity index (χ4n) is 2.64. The van der Waals surface area contributed by atoms with E-state index in [0.717, 1.165) is 0 Å². The van der Waals surface area contributed by atoms with Gasteiger partial charge in [0.15, 0.2) is 5.82 Å². The van der Waals surface area contributed by atoms with Crippen LogP contribution in [0.3, 0.4) is 0 Å². The van der Waals surface area contributed by atoms with Crippen LogP contribution >= 0.6 is 15.9 Å². The minimum absolute atomic E-state index is 0.170. The highest BCUT2D eigenvalue weighted by molar-refractivity contribution is 9.10. The molecule has 0 unspecified atom stereocenters. The van der Waals surface area contributed by atoms with Crippen LogP contribution in [0.5, 0.6) is 0 Å². The minimum atomic E-state index is -0.560. The molecule has 9 heteroatoms. The predicted molar refractivity (Wildman–Crippen MR) is 103 cm³/mol. The Morgan fingerprint density at radius 3 is 2.56 bits per heavy atom. The summed E-state index contributed by atoms with van der Waals surface area (Å²) in [6.45, 7) is 3.72. The molecule has 0 aliphatic heterocycles. The number of ether oxygens (including phenoxy) is 1. The lowest BCUT2D eigenvalue weighted by Crippen LogP contribution is -2.21. The average Bonchev–Trinajstić information content (AvgIpc) is 3.16. The molecule has 1 amide bonds. The molecule has 140 valence electrons. The van der Waals surface area contributed by atoms with Crippen molar-refractivity contribution < 1.29 is 14.3 Å². The Morgan fingerprint density at radius 1 is 1.26 bits per heavy atom. The molecule has 0 saturated carbocycles. The molecule has 8 nitrogen and oxygen atoms in total. The number of aryl methyl sites for hydroxylation is 2. The molecule has 0 atom stereocenters. The fraction of sp³-hybridized carbons (Fsp3) is 0.222. The normalized spacial score (nSPS) is 10.7. The van der Waals surface area contributed by atoms with Crippen LogP contribution in [0.1, 0.15) is 33.5 Å². The maximum Gasteiger partial charge on any atom is 0.343 e. The lowest BCUT2D eigenvalue weighted by Gasteiger charge is -2.11. The van der Waals surface area contributed by atoms with Gasteiger partial charge in [0.25, 0.3) is 5.91 Å². The number of nitrogens with zero attached hydrogens (tertiary/aromatic N) is 4. The SMILES string of the molecule is CCOC(=O)c1cnn(-c2ccccc2)c1NC(=O)c1c(Br)c(C)nn1C. The highest BCUT2D eigenvalue weighted by Crippen LogP contribution is 2.25. The molecule has 27 heavy (non-hydrogen) atoms. The number of anilines is 1. The standard InChI is InChI=1S/C18H18BrN5O3/c1-4-27-18(26)13-10-20-24(12-8-6-5-7-9-12)16(13)21-17(25)15-14(19)11(2)22-23(15)3/h5-10H,4H2,1-3H3,(H,21,25). The van der Waals surface area contributed by atoms with Gasteiger partial charge in [-0.2, -0.15) is 10.2 Å². The number of para-hydroxylation sites is 1. The number of benzene rings is 1. The molecule has 0 spiro atoms. The van der Waals surface area contributed by atoms with Crippen LogP contribution in [0.25, 0.3) is 5.69 Å². The molecule has 2 heterocycles. The Kier molecular flexibility index (Phi) is 5.41. The maximum atomic E-state index is 12.9. The molecule has 0 aliphatic carbocycles. The fourth-order valence-corrected chi connectivity index (χ4v) is 3.15.